The Morgan fingerprint density at radius 1 is 1.27 bits per heavy atom. The van der Waals surface area contributed by atoms with Crippen LogP contribution < -0.4 is 5.32 Å². The maximum absolute atomic E-state index is 12.1. The molecule has 0 spiro atoms. The number of aryl methyl sites for hydroxylation is 1. The van der Waals surface area contributed by atoms with Gasteiger partial charge in [-0.05, 0) is 12.5 Å². The molecular weight excluding hydrogens is 292 g/mol. The summed E-state index contributed by atoms with van der Waals surface area (Å²) in [6.07, 6.45) is 1.18. The van der Waals surface area contributed by atoms with Crippen LogP contribution >= 0.6 is 11.3 Å². The first-order chi connectivity index (χ1) is 10.4. The number of hydrogen-bond donors (Lipinski definition) is 1. The lowest BCUT2D eigenvalue weighted by molar-refractivity contribution is -0.121. The highest BCUT2D eigenvalue weighted by Crippen LogP contribution is 2.24. The maximum Gasteiger partial charge on any atom is 0.220 e. The van der Waals surface area contributed by atoms with E-state index in [1.54, 1.807) is 11.3 Å². The van der Waals surface area contributed by atoms with Crippen molar-refractivity contribution in [1.29, 1.82) is 0 Å². The number of carbonyl (C=O) groups excluding carboxylic acids is 1. The van der Waals surface area contributed by atoms with Gasteiger partial charge in [0.25, 0.3) is 0 Å². The van der Waals surface area contributed by atoms with Crippen molar-refractivity contribution in [2.45, 2.75) is 52.0 Å². The van der Waals surface area contributed by atoms with E-state index >= 15 is 0 Å². The second kappa shape index (κ2) is 7.05. The number of nitrogens with one attached hydrogen (secondary N) is 1. The first kappa shape index (κ1) is 16.7. The molecule has 1 unspecified atom stereocenters. The quantitative estimate of drug-likeness (QED) is 0.896. The summed E-state index contributed by atoms with van der Waals surface area (Å²) >= 11 is 1.64. The Morgan fingerprint density at radius 3 is 2.55 bits per heavy atom. The highest BCUT2D eigenvalue weighted by molar-refractivity contribution is 7.09. The average molecular weight is 316 g/mol. The monoisotopic (exact) mass is 316 g/mol. The Morgan fingerprint density at radius 2 is 1.95 bits per heavy atom. The molecule has 0 radical (unpaired) electrons. The van der Waals surface area contributed by atoms with Crippen molar-refractivity contribution >= 4 is 17.2 Å². The fraction of sp³-hybridized carbons (Fsp3) is 0.444. The number of hydrogen-bond acceptors (Lipinski definition) is 3. The van der Waals surface area contributed by atoms with Gasteiger partial charge in [0, 0.05) is 23.6 Å². The molecule has 118 valence electrons. The van der Waals surface area contributed by atoms with Crippen LogP contribution in [0.4, 0.5) is 0 Å². The van der Waals surface area contributed by atoms with Crippen LogP contribution in [0.3, 0.4) is 0 Å². The summed E-state index contributed by atoms with van der Waals surface area (Å²) in [5, 5.41) is 6.17. The van der Waals surface area contributed by atoms with Crippen molar-refractivity contribution < 1.29 is 4.79 Å². The van der Waals surface area contributed by atoms with Crippen molar-refractivity contribution in [3.8, 4) is 0 Å². The summed E-state index contributed by atoms with van der Waals surface area (Å²) in [5.74, 6) is 0.0730. The minimum atomic E-state index is 0.0372. The van der Waals surface area contributed by atoms with E-state index in [0.717, 1.165) is 16.3 Å². The van der Waals surface area contributed by atoms with Crippen molar-refractivity contribution in [2.24, 2.45) is 0 Å². The normalized spacial score (nSPS) is 12.9. The van der Waals surface area contributed by atoms with Crippen LogP contribution in [0.5, 0.6) is 0 Å². The van der Waals surface area contributed by atoms with Crippen LogP contribution in [0.2, 0.25) is 0 Å². The van der Waals surface area contributed by atoms with E-state index in [2.05, 4.69) is 36.5 Å². The molecule has 1 amide bonds. The van der Waals surface area contributed by atoms with Crippen molar-refractivity contribution in [3.63, 3.8) is 0 Å². The van der Waals surface area contributed by atoms with Crippen LogP contribution in [0.25, 0.3) is 0 Å². The van der Waals surface area contributed by atoms with Gasteiger partial charge in [0.05, 0.1) is 16.7 Å². The van der Waals surface area contributed by atoms with Crippen LogP contribution in [-0.2, 0) is 16.6 Å². The van der Waals surface area contributed by atoms with Gasteiger partial charge in [0.1, 0.15) is 0 Å². The van der Waals surface area contributed by atoms with Gasteiger partial charge < -0.3 is 5.32 Å². The van der Waals surface area contributed by atoms with Crippen molar-refractivity contribution in [3.05, 3.63) is 52.0 Å². The largest absolute Gasteiger partial charge is 0.350 e. The Hall–Kier alpha value is -1.68. The second-order valence-electron chi connectivity index (χ2n) is 6.58. The Bertz CT molecular complexity index is 614. The van der Waals surface area contributed by atoms with E-state index in [1.165, 1.54) is 0 Å². The molecule has 4 heteroatoms. The molecule has 1 heterocycles. The van der Waals surface area contributed by atoms with Gasteiger partial charge in [-0.2, -0.15) is 0 Å². The van der Waals surface area contributed by atoms with E-state index in [1.807, 2.05) is 37.3 Å². The van der Waals surface area contributed by atoms with Gasteiger partial charge in [0.15, 0.2) is 0 Å². The number of amides is 1. The summed E-state index contributed by atoms with van der Waals surface area (Å²) in [5.41, 5.74) is 2.30. The topological polar surface area (TPSA) is 42.0 Å². The summed E-state index contributed by atoms with van der Waals surface area (Å²) in [6.45, 7) is 8.47. The zero-order chi connectivity index (χ0) is 16.2. The Labute approximate surface area is 136 Å². The van der Waals surface area contributed by atoms with Crippen molar-refractivity contribution in [1.82, 2.24) is 10.3 Å². The molecule has 0 aliphatic carbocycles. The van der Waals surface area contributed by atoms with E-state index < -0.39 is 0 Å². The molecule has 1 N–H and O–H groups in total. The van der Waals surface area contributed by atoms with Crippen LogP contribution in [0, 0.1) is 0 Å². The van der Waals surface area contributed by atoms with Crippen LogP contribution in [0.1, 0.15) is 56.4 Å². The third kappa shape index (κ3) is 4.67. The third-order valence-electron chi connectivity index (χ3n) is 3.56. The predicted octanol–water partition coefficient (Wildman–Crippen LogP) is 4.25. The zero-order valence-corrected chi connectivity index (χ0v) is 14.5. The summed E-state index contributed by atoms with van der Waals surface area (Å²) < 4.78 is 0. The number of benzene rings is 1. The highest BCUT2D eigenvalue weighted by atomic mass is 32.1. The average Bonchev–Trinajstić information content (AvgIpc) is 2.95. The molecule has 2 rings (SSSR count). The fourth-order valence-corrected chi connectivity index (χ4v) is 3.15. The molecule has 22 heavy (non-hydrogen) atoms. The molecule has 3 nitrogen and oxygen atoms in total. The molecule has 1 atom stereocenters. The minimum Gasteiger partial charge on any atom is -0.350 e. The van der Waals surface area contributed by atoms with Gasteiger partial charge in [-0.25, -0.2) is 4.98 Å². The van der Waals surface area contributed by atoms with E-state index in [-0.39, 0.29) is 17.4 Å². The maximum atomic E-state index is 12.1. The summed E-state index contributed by atoms with van der Waals surface area (Å²) in [4.78, 5) is 16.7. The molecule has 1 aromatic heterocycles. The van der Waals surface area contributed by atoms with E-state index in [4.69, 9.17) is 0 Å². The van der Waals surface area contributed by atoms with E-state index in [0.29, 0.717) is 12.8 Å². The zero-order valence-electron chi connectivity index (χ0n) is 13.7. The molecule has 0 bridgehead atoms. The second-order valence-corrected chi connectivity index (χ2v) is 7.52. The van der Waals surface area contributed by atoms with Gasteiger partial charge in [-0.1, -0.05) is 51.1 Å². The molecule has 0 saturated carbocycles. The summed E-state index contributed by atoms with van der Waals surface area (Å²) in [7, 11) is 0. The third-order valence-corrected chi connectivity index (χ3v) is 4.47. The lowest BCUT2D eigenvalue weighted by atomic mass is 9.93. The predicted molar refractivity (Wildman–Crippen MR) is 92.1 cm³/mol. The SMILES string of the molecule is CC(NC(=O)CCc1nc(C(C)(C)C)cs1)c1ccccc1. The van der Waals surface area contributed by atoms with Gasteiger partial charge in [-0.15, -0.1) is 11.3 Å². The first-order valence-corrected chi connectivity index (χ1v) is 8.53. The lowest BCUT2D eigenvalue weighted by Gasteiger charge is -2.14. The molecule has 0 fully saturated rings. The number of carbonyl (C=O) groups is 1. The van der Waals surface area contributed by atoms with Crippen LogP contribution in [0.15, 0.2) is 35.7 Å². The lowest BCUT2D eigenvalue weighted by Crippen LogP contribution is -2.26. The summed E-state index contributed by atoms with van der Waals surface area (Å²) in [6, 6.07) is 10.1. The first-order valence-electron chi connectivity index (χ1n) is 7.65. The van der Waals surface area contributed by atoms with Gasteiger partial charge in [0.2, 0.25) is 5.91 Å². The molecular formula is C18H24N2OS. The number of thiazole rings is 1. The Kier molecular flexibility index (Phi) is 5.35. The Balaban J connectivity index is 1.84. The standard InChI is InChI=1S/C18H24N2OS/c1-13(14-8-6-5-7-9-14)19-16(21)10-11-17-20-15(12-22-17)18(2,3)4/h5-9,12-13H,10-11H2,1-4H3,(H,19,21). The van der Waals surface area contributed by atoms with E-state index in [9.17, 15) is 4.79 Å². The fourth-order valence-electron chi connectivity index (χ4n) is 2.13. The highest BCUT2D eigenvalue weighted by Gasteiger charge is 2.17. The van der Waals surface area contributed by atoms with Gasteiger partial charge in [-0.3, -0.25) is 4.79 Å². The number of rotatable bonds is 5. The number of nitrogens with zero attached hydrogens (tertiary/aromatic N) is 1. The molecule has 0 aliphatic heterocycles. The van der Waals surface area contributed by atoms with Crippen LogP contribution in [-0.4, -0.2) is 10.9 Å². The molecule has 1 aromatic carbocycles. The number of aromatic nitrogens is 1. The minimum absolute atomic E-state index is 0.0372. The van der Waals surface area contributed by atoms with Gasteiger partial charge >= 0.3 is 0 Å². The molecule has 0 saturated heterocycles. The molecule has 2 aromatic rings. The van der Waals surface area contributed by atoms with Crippen molar-refractivity contribution in [2.75, 3.05) is 0 Å². The smallest absolute Gasteiger partial charge is 0.220 e. The molecule has 0 aliphatic rings.